The highest BCUT2D eigenvalue weighted by molar-refractivity contribution is 7.99. The van der Waals surface area contributed by atoms with E-state index in [1.807, 2.05) is 6.92 Å². The molecule has 7 heteroatoms. The van der Waals surface area contributed by atoms with Crippen LogP contribution in [0.15, 0.2) is 29.2 Å². The lowest BCUT2D eigenvalue weighted by Crippen LogP contribution is -2.44. The second kappa shape index (κ2) is 11.7. The smallest absolute Gasteiger partial charge is 0.222 e. The van der Waals surface area contributed by atoms with Crippen LogP contribution in [0.2, 0.25) is 0 Å². The number of benzene rings is 1. The lowest BCUT2D eigenvalue weighted by atomic mass is 10.1. The van der Waals surface area contributed by atoms with E-state index in [9.17, 15) is 4.79 Å². The zero-order valence-corrected chi connectivity index (χ0v) is 15.9. The van der Waals surface area contributed by atoms with Gasteiger partial charge in [-0.05, 0) is 24.6 Å². The van der Waals surface area contributed by atoms with Crippen LogP contribution in [-0.4, -0.2) is 51.2 Å². The Bertz CT molecular complexity index is 481. The summed E-state index contributed by atoms with van der Waals surface area (Å²) in [5, 5.41) is 6.35. The van der Waals surface area contributed by atoms with Crippen molar-refractivity contribution in [2.45, 2.75) is 30.3 Å². The monoisotopic (exact) mass is 374 g/mol. The minimum atomic E-state index is 0. The Kier molecular flexibility index (Phi) is 10.4. The van der Waals surface area contributed by atoms with Crippen molar-refractivity contribution in [1.82, 2.24) is 10.6 Å². The average molecular weight is 375 g/mol. The summed E-state index contributed by atoms with van der Waals surface area (Å²) in [5.41, 5.74) is 1.11. The first-order valence-corrected chi connectivity index (χ1v) is 9.00. The van der Waals surface area contributed by atoms with Crippen LogP contribution < -0.4 is 10.6 Å². The average Bonchev–Trinajstić information content (AvgIpc) is 2.56. The lowest BCUT2D eigenvalue weighted by Gasteiger charge is -2.24. The Morgan fingerprint density at radius 2 is 2.21 bits per heavy atom. The van der Waals surface area contributed by atoms with Gasteiger partial charge in [-0.3, -0.25) is 4.79 Å². The van der Waals surface area contributed by atoms with Gasteiger partial charge in [-0.25, -0.2) is 0 Å². The number of amides is 1. The van der Waals surface area contributed by atoms with Gasteiger partial charge in [0.25, 0.3) is 0 Å². The molecule has 1 fully saturated rings. The molecule has 0 spiro atoms. The van der Waals surface area contributed by atoms with Crippen molar-refractivity contribution in [1.29, 1.82) is 0 Å². The molecule has 0 bridgehead atoms. The first-order chi connectivity index (χ1) is 11.2. The van der Waals surface area contributed by atoms with Crippen LogP contribution in [0.25, 0.3) is 0 Å². The lowest BCUT2D eigenvalue weighted by molar-refractivity contribution is -0.122. The summed E-state index contributed by atoms with van der Waals surface area (Å²) in [4.78, 5) is 13.3. The first-order valence-electron chi connectivity index (χ1n) is 8.01. The SMILES string of the molecule is COCCSc1ccc(C(C)NC(=O)CC2COCCN2)cc1.Cl. The Balaban J connectivity index is 0.00000288. The molecule has 136 valence electrons. The van der Waals surface area contributed by atoms with Crippen molar-refractivity contribution in [2.24, 2.45) is 0 Å². The minimum absolute atomic E-state index is 0. The predicted molar refractivity (Wildman–Crippen MR) is 100 cm³/mol. The number of halogens is 1. The summed E-state index contributed by atoms with van der Waals surface area (Å²) in [6, 6.07) is 8.45. The van der Waals surface area contributed by atoms with E-state index < -0.39 is 0 Å². The number of thioether (sulfide) groups is 1. The molecule has 0 aromatic heterocycles. The highest BCUT2D eigenvalue weighted by atomic mass is 35.5. The Hall–Kier alpha value is -0.790. The fourth-order valence-corrected chi connectivity index (χ4v) is 3.27. The summed E-state index contributed by atoms with van der Waals surface area (Å²) in [7, 11) is 1.71. The van der Waals surface area contributed by atoms with Crippen LogP contribution in [0.3, 0.4) is 0 Å². The molecule has 5 nitrogen and oxygen atoms in total. The van der Waals surface area contributed by atoms with Gasteiger partial charge in [0.05, 0.1) is 25.9 Å². The summed E-state index contributed by atoms with van der Waals surface area (Å²) >= 11 is 1.77. The largest absolute Gasteiger partial charge is 0.384 e. The molecule has 0 saturated carbocycles. The minimum Gasteiger partial charge on any atom is -0.384 e. The maximum absolute atomic E-state index is 12.1. The maximum Gasteiger partial charge on any atom is 0.222 e. The summed E-state index contributed by atoms with van der Waals surface area (Å²) in [5.74, 6) is 0.998. The zero-order valence-electron chi connectivity index (χ0n) is 14.2. The molecule has 24 heavy (non-hydrogen) atoms. The van der Waals surface area contributed by atoms with E-state index in [-0.39, 0.29) is 30.4 Å². The number of hydrogen-bond donors (Lipinski definition) is 2. The third kappa shape index (κ3) is 7.40. The van der Waals surface area contributed by atoms with Crippen molar-refractivity contribution < 1.29 is 14.3 Å². The molecule has 1 amide bonds. The van der Waals surface area contributed by atoms with Gasteiger partial charge in [0.2, 0.25) is 5.91 Å². The number of hydrogen-bond acceptors (Lipinski definition) is 5. The molecule has 2 rings (SSSR count). The van der Waals surface area contributed by atoms with Crippen LogP contribution in [-0.2, 0) is 14.3 Å². The van der Waals surface area contributed by atoms with Crippen molar-refractivity contribution in [3.63, 3.8) is 0 Å². The Morgan fingerprint density at radius 3 is 2.83 bits per heavy atom. The van der Waals surface area contributed by atoms with E-state index in [0.717, 1.165) is 31.1 Å². The van der Waals surface area contributed by atoms with E-state index in [4.69, 9.17) is 9.47 Å². The third-order valence-corrected chi connectivity index (χ3v) is 4.72. The molecule has 2 N–H and O–H groups in total. The van der Waals surface area contributed by atoms with E-state index in [0.29, 0.717) is 13.0 Å². The van der Waals surface area contributed by atoms with Gasteiger partial charge in [0, 0.05) is 36.8 Å². The van der Waals surface area contributed by atoms with Crippen LogP contribution in [0.5, 0.6) is 0 Å². The van der Waals surface area contributed by atoms with Crippen molar-refractivity contribution >= 4 is 30.1 Å². The van der Waals surface area contributed by atoms with Crippen molar-refractivity contribution in [3.8, 4) is 0 Å². The zero-order chi connectivity index (χ0) is 16.5. The van der Waals surface area contributed by atoms with E-state index in [1.165, 1.54) is 4.90 Å². The molecule has 2 unspecified atom stereocenters. The maximum atomic E-state index is 12.1. The number of nitrogens with one attached hydrogen (secondary N) is 2. The molecule has 0 radical (unpaired) electrons. The molecule has 1 saturated heterocycles. The van der Waals surface area contributed by atoms with E-state index in [2.05, 4.69) is 34.9 Å². The molecular weight excluding hydrogens is 348 g/mol. The number of rotatable bonds is 8. The molecule has 2 atom stereocenters. The first kappa shape index (κ1) is 21.3. The van der Waals surface area contributed by atoms with Gasteiger partial charge < -0.3 is 20.1 Å². The van der Waals surface area contributed by atoms with Gasteiger partial charge in [0.15, 0.2) is 0 Å². The van der Waals surface area contributed by atoms with Gasteiger partial charge >= 0.3 is 0 Å². The Labute approximate surface area is 154 Å². The molecule has 1 aliphatic heterocycles. The summed E-state index contributed by atoms with van der Waals surface area (Å²) in [6.45, 7) is 4.90. The third-order valence-electron chi connectivity index (χ3n) is 3.74. The van der Waals surface area contributed by atoms with E-state index >= 15 is 0 Å². The number of ether oxygens (including phenoxy) is 2. The van der Waals surface area contributed by atoms with Crippen LogP contribution in [0.1, 0.15) is 24.9 Å². The summed E-state index contributed by atoms with van der Waals surface area (Å²) < 4.78 is 10.4. The number of morpholine rings is 1. The van der Waals surface area contributed by atoms with Crippen LogP contribution in [0, 0.1) is 0 Å². The predicted octanol–water partition coefficient (Wildman–Crippen LogP) is 2.40. The van der Waals surface area contributed by atoms with Crippen molar-refractivity contribution in [3.05, 3.63) is 29.8 Å². The quantitative estimate of drug-likeness (QED) is 0.540. The van der Waals surface area contributed by atoms with Gasteiger partial charge in [0.1, 0.15) is 0 Å². The number of carbonyl (C=O) groups is 1. The van der Waals surface area contributed by atoms with Crippen molar-refractivity contribution in [2.75, 3.05) is 39.2 Å². The normalized spacial score (nSPS) is 18.5. The standard InChI is InChI=1S/C17H26N2O3S.ClH/c1-13(19-17(20)11-15-12-22-8-7-18-15)14-3-5-16(6-4-14)23-10-9-21-2;/h3-6,13,15,18H,7-12H2,1-2H3,(H,19,20);1H. The fourth-order valence-electron chi connectivity index (χ4n) is 2.45. The molecule has 1 aromatic carbocycles. The molecule has 1 heterocycles. The second-order valence-corrected chi connectivity index (χ2v) is 6.80. The summed E-state index contributed by atoms with van der Waals surface area (Å²) in [6.07, 6.45) is 0.454. The van der Waals surface area contributed by atoms with Gasteiger partial charge in [-0.2, -0.15) is 0 Å². The second-order valence-electron chi connectivity index (χ2n) is 5.63. The fraction of sp³-hybridized carbons (Fsp3) is 0.588. The van der Waals surface area contributed by atoms with Gasteiger partial charge in [-0.1, -0.05) is 12.1 Å². The Morgan fingerprint density at radius 1 is 1.46 bits per heavy atom. The molecule has 0 aliphatic carbocycles. The van der Waals surface area contributed by atoms with Crippen LogP contribution in [0.4, 0.5) is 0 Å². The molecule has 1 aliphatic rings. The topological polar surface area (TPSA) is 59.6 Å². The van der Waals surface area contributed by atoms with Gasteiger partial charge in [-0.15, -0.1) is 24.2 Å². The van der Waals surface area contributed by atoms with E-state index in [1.54, 1.807) is 18.9 Å². The molecule has 1 aromatic rings. The van der Waals surface area contributed by atoms with Crippen LogP contribution >= 0.6 is 24.2 Å². The molecular formula is C17H27ClN2O3S. The highest BCUT2D eigenvalue weighted by Gasteiger charge is 2.18. The number of methoxy groups -OCH3 is 1. The number of carbonyl (C=O) groups excluding carboxylic acids is 1. The highest BCUT2D eigenvalue weighted by Crippen LogP contribution is 2.21.